The number of aromatic nitrogens is 6. The number of hydrogen-bond donors (Lipinski definition) is 1. The van der Waals surface area contributed by atoms with E-state index in [4.69, 9.17) is 4.74 Å². The number of anilines is 1. The van der Waals surface area contributed by atoms with Gasteiger partial charge in [0.05, 0.1) is 36.5 Å². The van der Waals surface area contributed by atoms with Crippen molar-refractivity contribution in [2.75, 3.05) is 18.5 Å². The summed E-state index contributed by atoms with van der Waals surface area (Å²) in [7, 11) is 1.84. The van der Waals surface area contributed by atoms with Gasteiger partial charge in [-0.2, -0.15) is 10.2 Å². The third-order valence-electron chi connectivity index (χ3n) is 5.20. The van der Waals surface area contributed by atoms with Crippen LogP contribution in [0.5, 0.6) is 0 Å². The molecule has 0 saturated carbocycles. The zero-order valence-corrected chi connectivity index (χ0v) is 14.4. The van der Waals surface area contributed by atoms with E-state index in [2.05, 4.69) is 25.5 Å². The molecule has 1 aliphatic heterocycles. The third-order valence-corrected chi connectivity index (χ3v) is 5.20. The highest BCUT2D eigenvalue weighted by Crippen LogP contribution is 2.26. The van der Waals surface area contributed by atoms with Gasteiger partial charge < -0.3 is 10.1 Å². The summed E-state index contributed by atoms with van der Waals surface area (Å²) in [4.78, 5) is 21.2. The van der Waals surface area contributed by atoms with Crippen molar-refractivity contribution in [2.24, 2.45) is 7.05 Å². The van der Waals surface area contributed by atoms with Crippen molar-refractivity contribution in [1.82, 2.24) is 29.5 Å². The molecule has 0 bridgehead atoms. The molecule has 1 saturated heterocycles. The maximum Gasteiger partial charge on any atom is 0.267 e. The van der Waals surface area contributed by atoms with E-state index in [1.165, 1.54) is 6.33 Å². The van der Waals surface area contributed by atoms with Crippen molar-refractivity contribution in [2.45, 2.75) is 31.3 Å². The maximum atomic E-state index is 12.6. The first-order valence-corrected chi connectivity index (χ1v) is 8.79. The largest absolute Gasteiger partial charge is 0.377 e. The van der Waals surface area contributed by atoms with Crippen LogP contribution in [-0.2, 0) is 24.6 Å². The smallest absolute Gasteiger partial charge is 0.267 e. The summed E-state index contributed by atoms with van der Waals surface area (Å²) < 4.78 is 8.95. The second-order valence-electron chi connectivity index (χ2n) is 6.84. The number of fused-ring (bicyclic) bond motifs is 2. The fourth-order valence-corrected chi connectivity index (χ4v) is 3.83. The zero-order chi connectivity index (χ0) is 17.7. The fraction of sp³-hybridized carbons (Fsp3) is 0.471. The monoisotopic (exact) mass is 353 g/mol. The van der Waals surface area contributed by atoms with Crippen molar-refractivity contribution >= 4 is 16.9 Å². The summed E-state index contributed by atoms with van der Waals surface area (Å²) in [6.07, 6.45) is 6.19. The van der Waals surface area contributed by atoms with Crippen LogP contribution in [0.1, 0.15) is 23.7 Å². The molecule has 3 aromatic heterocycles. The Bertz CT molecular complexity index is 1040. The van der Waals surface area contributed by atoms with Crippen LogP contribution >= 0.6 is 0 Å². The van der Waals surface area contributed by atoms with Gasteiger partial charge in [-0.1, -0.05) is 0 Å². The predicted octanol–water partition coefficient (Wildman–Crippen LogP) is 0.461. The van der Waals surface area contributed by atoms with Crippen molar-refractivity contribution in [3.05, 3.63) is 40.2 Å². The van der Waals surface area contributed by atoms with Gasteiger partial charge in [0.1, 0.15) is 18.2 Å². The molecule has 9 heteroatoms. The van der Waals surface area contributed by atoms with Gasteiger partial charge in [0.15, 0.2) is 5.65 Å². The topological polar surface area (TPSA) is 99.8 Å². The second-order valence-corrected chi connectivity index (χ2v) is 6.84. The number of rotatable bonds is 3. The van der Waals surface area contributed by atoms with E-state index in [1.807, 2.05) is 7.05 Å². The Morgan fingerprint density at radius 2 is 2.19 bits per heavy atom. The Kier molecular flexibility index (Phi) is 3.49. The standard InChI is InChI=1S/C17H19N7O2/c1-23-17-11(6-20-23)16(18-9-19-17)21-13-7-26-8-14(13)24-15(25)5-10-3-2-4-12(10)22-24/h5-6,9,13-14H,2-4,7-8H2,1H3,(H,18,19,21). The van der Waals surface area contributed by atoms with Crippen molar-refractivity contribution in [3.8, 4) is 0 Å². The predicted molar refractivity (Wildman–Crippen MR) is 94.1 cm³/mol. The van der Waals surface area contributed by atoms with E-state index >= 15 is 0 Å². The number of nitrogens with zero attached hydrogens (tertiary/aromatic N) is 6. The van der Waals surface area contributed by atoms with E-state index in [-0.39, 0.29) is 17.6 Å². The van der Waals surface area contributed by atoms with Crippen LogP contribution in [0, 0.1) is 0 Å². The highest BCUT2D eigenvalue weighted by Gasteiger charge is 2.33. The maximum absolute atomic E-state index is 12.6. The van der Waals surface area contributed by atoms with E-state index in [0.29, 0.717) is 19.0 Å². The summed E-state index contributed by atoms with van der Waals surface area (Å²) in [5, 5.41) is 13.1. The van der Waals surface area contributed by atoms with Gasteiger partial charge in [0.2, 0.25) is 0 Å². The molecule has 9 nitrogen and oxygen atoms in total. The van der Waals surface area contributed by atoms with Gasteiger partial charge in [0, 0.05) is 13.1 Å². The highest BCUT2D eigenvalue weighted by atomic mass is 16.5. The summed E-state index contributed by atoms with van der Waals surface area (Å²) in [6.45, 7) is 0.937. The van der Waals surface area contributed by atoms with Crippen LogP contribution in [0.3, 0.4) is 0 Å². The lowest BCUT2D eigenvalue weighted by Crippen LogP contribution is -2.38. The molecule has 2 atom stereocenters. The Morgan fingerprint density at radius 1 is 1.27 bits per heavy atom. The van der Waals surface area contributed by atoms with Crippen molar-refractivity contribution in [3.63, 3.8) is 0 Å². The number of hydrogen-bond acceptors (Lipinski definition) is 7. The van der Waals surface area contributed by atoms with E-state index < -0.39 is 0 Å². The average Bonchev–Trinajstić information content (AvgIpc) is 3.35. The lowest BCUT2D eigenvalue weighted by molar-refractivity contribution is 0.182. The molecule has 1 aliphatic carbocycles. The SMILES string of the molecule is Cn1ncc2c(NC3COCC3n3nc4c(cc3=O)CCC4)ncnc21. The normalized spacial score (nSPS) is 22.0. The summed E-state index contributed by atoms with van der Waals surface area (Å²) in [5.41, 5.74) is 2.81. The molecule has 0 amide bonds. The fourth-order valence-electron chi connectivity index (χ4n) is 3.83. The molecule has 0 radical (unpaired) electrons. The molecule has 0 aromatic carbocycles. The molecular formula is C17H19N7O2. The van der Waals surface area contributed by atoms with Crippen molar-refractivity contribution in [1.29, 1.82) is 0 Å². The minimum absolute atomic E-state index is 0.0674. The van der Waals surface area contributed by atoms with Crippen LogP contribution in [0.2, 0.25) is 0 Å². The molecule has 3 aromatic rings. The summed E-state index contributed by atoms with van der Waals surface area (Å²) >= 11 is 0. The molecule has 2 unspecified atom stereocenters. The van der Waals surface area contributed by atoms with Crippen molar-refractivity contribution < 1.29 is 4.74 Å². The number of aryl methyl sites for hydroxylation is 3. The van der Waals surface area contributed by atoms with Crippen LogP contribution in [0.4, 0.5) is 5.82 Å². The summed E-state index contributed by atoms with van der Waals surface area (Å²) in [5.74, 6) is 0.692. The second kappa shape index (κ2) is 5.87. The lowest BCUT2D eigenvalue weighted by atomic mass is 10.1. The molecule has 134 valence electrons. The molecule has 1 fully saturated rings. The molecule has 5 rings (SSSR count). The first-order chi connectivity index (χ1) is 12.7. The highest BCUT2D eigenvalue weighted by molar-refractivity contribution is 5.86. The minimum Gasteiger partial charge on any atom is -0.377 e. The van der Waals surface area contributed by atoms with Gasteiger partial charge in [-0.15, -0.1) is 0 Å². The van der Waals surface area contributed by atoms with Crippen LogP contribution in [0.15, 0.2) is 23.4 Å². The van der Waals surface area contributed by atoms with Crippen LogP contribution in [0.25, 0.3) is 11.0 Å². The molecule has 2 aliphatic rings. The zero-order valence-electron chi connectivity index (χ0n) is 14.4. The molecule has 1 N–H and O–H groups in total. The van der Waals surface area contributed by atoms with Gasteiger partial charge in [0.25, 0.3) is 5.56 Å². The van der Waals surface area contributed by atoms with Crippen LogP contribution < -0.4 is 10.9 Å². The van der Waals surface area contributed by atoms with E-state index in [1.54, 1.807) is 21.6 Å². The Labute approximate surface area is 149 Å². The van der Waals surface area contributed by atoms with Crippen LogP contribution in [-0.4, -0.2) is 48.8 Å². The molecule has 0 spiro atoms. The first kappa shape index (κ1) is 15.4. The number of ether oxygens (including phenoxy) is 1. The Hall–Kier alpha value is -2.81. The average molecular weight is 353 g/mol. The van der Waals surface area contributed by atoms with Gasteiger partial charge in [-0.25, -0.2) is 14.6 Å². The number of nitrogens with one attached hydrogen (secondary N) is 1. The van der Waals surface area contributed by atoms with Gasteiger partial charge >= 0.3 is 0 Å². The van der Waals surface area contributed by atoms with Gasteiger partial charge in [-0.05, 0) is 24.8 Å². The van der Waals surface area contributed by atoms with E-state index in [0.717, 1.165) is 41.6 Å². The Morgan fingerprint density at radius 3 is 3.12 bits per heavy atom. The first-order valence-electron chi connectivity index (χ1n) is 8.79. The van der Waals surface area contributed by atoms with Gasteiger partial charge in [-0.3, -0.25) is 9.48 Å². The molecule has 26 heavy (non-hydrogen) atoms. The lowest BCUT2D eigenvalue weighted by Gasteiger charge is -2.21. The van der Waals surface area contributed by atoms with E-state index in [9.17, 15) is 4.79 Å². The third kappa shape index (κ3) is 2.38. The summed E-state index contributed by atoms with van der Waals surface area (Å²) in [6, 6.07) is 1.46. The Balaban J connectivity index is 1.49. The quantitative estimate of drug-likeness (QED) is 0.730. The minimum atomic E-state index is -0.171. The molecule has 4 heterocycles. The molecular weight excluding hydrogens is 334 g/mol.